The fraction of sp³-hybridized carbons (Fsp3) is 0.438. The molecule has 1 saturated heterocycles. The number of aryl methyl sites for hydroxylation is 1. The van der Waals surface area contributed by atoms with Gasteiger partial charge in [-0.05, 0) is 25.5 Å². The second-order valence-corrected chi connectivity index (χ2v) is 5.59. The van der Waals surface area contributed by atoms with Crippen molar-refractivity contribution in [3.05, 3.63) is 45.7 Å². The zero-order valence-corrected chi connectivity index (χ0v) is 12.0. The molecule has 1 aliphatic rings. The van der Waals surface area contributed by atoms with Crippen molar-refractivity contribution in [3.8, 4) is 0 Å². The summed E-state index contributed by atoms with van der Waals surface area (Å²) in [5.74, 6) is 0. The van der Waals surface area contributed by atoms with Gasteiger partial charge in [-0.3, -0.25) is 9.69 Å². The molecule has 0 spiro atoms. The van der Waals surface area contributed by atoms with Gasteiger partial charge in [-0.25, -0.2) is 0 Å². The van der Waals surface area contributed by atoms with Crippen molar-refractivity contribution in [1.29, 1.82) is 0 Å². The summed E-state index contributed by atoms with van der Waals surface area (Å²) < 4.78 is 5.37. The molecule has 4 nitrogen and oxygen atoms in total. The number of aromatic amines is 1. The summed E-state index contributed by atoms with van der Waals surface area (Å²) >= 11 is 0. The Balaban J connectivity index is 1.86. The molecule has 1 aromatic carbocycles. The van der Waals surface area contributed by atoms with Crippen LogP contribution in [-0.2, 0) is 11.3 Å². The van der Waals surface area contributed by atoms with E-state index in [-0.39, 0.29) is 5.43 Å². The molecular formula is C16H20N2O2. The van der Waals surface area contributed by atoms with Crippen LogP contribution in [0.4, 0.5) is 0 Å². The van der Waals surface area contributed by atoms with E-state index in [4.69, 9.17) is 4.74 Å². The van der Waals surface area contributed by atoms with Gasteiger partial charge in [0, 0.05) is 49.4 Å². The lowest BCUT2D eigenvalue weighted by Gasteiger charge is -2.15. The van der Waals surface area contributed by atoms with Crippen molar-refractivity contribution < 1.29 is 4.74 Å². The molecule has 1 atom stereocenters. The molecule has 2 aromatic rings. The van der Waals surface area contributed by atoms with E-state index in [9.17, 15) is 4.79 Å². The third-order valence-corrected chi connectivity index (χ3v) is 4.00. The van der Waals surface area contributed by atoms with Crippen LogP contribution in [-0.4, -0.2) is 36.2 Å². The van der Waals surface area contributed by atoms with Gasteiger partial charge in [-0.1, -0.05) is 11.6 Å². The van der Waals surface area contributed by atoms with Crippen LogP contribution in [0.1, 0.15) is 17.7 Å². The largest absolute Gasteiger partial charge is 0.380 e. The van der Waals surface area contributed by atoms with Crippen LogP contribution < -0.4 is 5.43 Å². The van der Waals surface area contributed by atoms with Crippen LogP contribution in [0.15, 0.2) is 29.1 Å². The monoisotopic (exact) mass is 272 g/mol. The number of hydrogen-bond donors (Lipinski definition) is 1. The number of likely N-dealkylation sites (tertiary alicyclic amines) is 1. The Morgan fingerprint density at radius 3 is 3.00 bits per heavy atom. The Labute approximate surface area is 118 Å². The van der Waals surface area contributed by atoms with Crippen molar-refractivity contribution in [1.82, 2.24) is 9.88 Å². The smallest absolute Gasteiger partial charge is 0.189 e. The molecule has 0 radical (unpaired) electrons. The third-order valence-electron chi connectivity index (χ3n) is 4.00. The van der Waals surface area contributed by atoms with Gasteiger partial charge < -0.3 is 9.72 Å². The lowest BCUT2D eigenvalue weighted by atomic mass is 10.1. The highest BCUT2D eigenvalue weighted by atomic mass is 16.5. The number of nitrogens with one attached hydrogen (secondary N) is 1. The maximum atomic E-state index is 12.2. The summed E-state index contributed by atoms with van der Waals surface area (Å²) in [6.07, 6.45) is 1.39. The molecule has 1 fully saturated rings. The van der Waals surface area contributed by atoms with Gasteiger partial charge in [-0.15, -0.1) is 0 Å². The number of fused-ring (bicyclic) bond motifs is 1. The van der Waals surface area contributed by atoms with Gasteiger partial charge in [0.1, 0.15) is 0 Å². The topological polar surface area (TPSA) is 45.3 Å². The molecule has 0 saturated carbocycles. The Morgan fingerprint density at radius 2 is 2.25 bits per heavy atom. The number of pyridine rings is 1. The van der Waals surface area contributed by atoms with Crippen molar-refractivity contribution >= 4 is 10.9 Å². The lowest BCUT2D eigenvalue weighted by Crippen LogP contribution is -2.23. The second-order valence-electron chi connectivity index (χ2n) is 5.59. The minimum absolute atomic E-state index is 0.0972. The summed E-state index contributed by atoms with van der Waals surface area (Å²) in [7, 11) is 1.76. The molecule has 4 heteroatoms. The Kier molecular flexibility index (Phi) is 3.59. The highest BCUT2D eigenvalue weighted by molar-refractivity contribution is 5.79. The number of methoxy groups -OCH3 is 1. The number of rotatable bonds is 3. The minimum Gasteiger partial charge on any atom is -0.380 e. The second kappa shape index (κ2) is 5.38. The molecule has 0 bridgehead atoms. The maximum Gasteiger partial charge on any atom is 0.189 e. The summed E-state index contributed by atoms with van der Waals surface area (Å²) in [6.45, 7) is 4.73. The fourth-order valence-corrected chi connectivity index (χ4v) is 2.88. The molecule has 1 N–H and O–H groups in total. The Hall–Kier alpha value is -1.65. The van der Waals surface area contributed by atoms with E-state index in [1.54, 1.807) is 13.2 Å². The van der Waals surface area contributed by atoms with E-state index >= 15 is 0 Å². The quantitative estimate of drug-likeness (QED) is 0.930. The molecule has 1 aliphatic heterocycles. The first-order valence-electron chi connectivity index (χ1n) is 7.03. The predicted molar refractivity (Wildman–Crippen MR) is 80.0 cm³/mol. The standard InChI is InChI=1S/C16H20N2O2/c1-11-3-4-15-14(7-11)16(19)8-12(17-15)9-18-6-5-13(10-18)20-2/h3-4,7-8,13H,5-6,9-10H2,1-2H3,(H,17,19). The van der Waals surface area contributed by atoms with Crippen LogP contribution in [0.25, 0.3) is 10.9 Å². The van der Waals surface area contributed by atoms with E-state index < -0.39 is 0 Å². The van der Waals surface area contributed by atoms with E-state index in [1.165, 1.54) is 0 Å². The van der Waals surface area contributed by atoms with Crippen molar-refractivity contribution in [3.63, 3.8) is 0 Å². The first kappa shape index (κ1) is 13.3. The van der Waals surface area contributed by atoms with Crippen LogP contribution in [0.5, 0.6) is 0 Å². The van der Waals surface area contributed by atoms with Crippen LogP contribution in [0.2, 0.25) is 0 Å². The molecule has 3 rings (SSSR count). The minimum atomic E-state index is 0.0972. The van der Waals surface area contributed by atoms with Crippen molar-refractivity contribution in [2.75, 3.05) is 20.2 Å². The first-order chi connectivity index (χ1) is 9.65. The molecule has 20 heavy (non-hydrogen) atoms. The van der Waals surface area contributed by atoms with Gasteiger partial charge >= 0.3 is 0 Å². The summed E-state index contributed by atoms with van der Waals surface area (Å²) in [5.41, 5.74) is 3.10. The van der Waals surface area contributed by atoms with Gasteiger partial charge in [0.2, 0.25) is 0 Å². The Bertz CT molecular complexity index is 678. The van der Waals surface area contributed by atoms with Crippen LogP contribution in [0, 0.1) is 6.92 Å². The molecule has 0 aliphatic carbocycles. The SMILES string of the molecule is COC1CCN(Cc2cc(=O)c3cc(C)ccc3[nH]2)C1. The molecule has 1 unspecified atom stereocenters. The summed E-state index contributed by atoms with van der Waals surface area (Å²) in [6, 6.07) is 7.67. The number of hydrogen-bond acceptors (Lipinski definition) is 3. The number of benzene rings is 1. The molecule has 106 valence electrons. The molecular weight excluding hydrogens is 252 g/mol. The van der Waals surface area contributed by atoms with Crippen molar-refractivity contribution in [2.45, 2.75) is 26.0 Å². The lowest BCUT2D eigenvalue weighted by molar-refractivity contribution is 0.107. The van der Waals surface area contributed by atoms with E-state index in [1.807, 2.05) is 25.1 Å². The van der Waals surface area contributed by atoms with Crippen molar-refractivity contribution in [2.24, 2.45) is 0 Å². The highest BCUT2D eigenvalue weighted by Gasteiger charge is 2.22. The van der Waals surface area contributed by atoms with E-state index in [0.29, 0.717) is 6.10 Å². The zero-order chi connectivity index (χ0) is 14.1. The number of aromatic nitrogens is 1. The average Bonchev–Trinajstić information content (AvgIpc) is 2.87. The number of nitrogens with zero attached hydrogens (tertiary/aromatic N) is 1. The summed E-state index contributed by atoms with van der Waals surface area (Å²) in [4.78, 5) is 17.9. The first-order valence-corrected chi connectivity index (χ1v) is 7.03. The fourth-order valence-electron chi connectivity index (χ4n) is 2.88. The third kappa shape index (κ3) is 2.62. The number of H-pyrrole nitrogens is 1. The molecule has 2 heterocycles. The normalized spacial score (nSPS) is 19.8. The van der Waals surface area contributed by atoms with Crippen LogP contribution in [0.3, 0.4) is 0 Å². The molecule has 1 aromatic heterocycles. The zero-order valence-electron chi connectivity index (χ0n) is 12.0. The highest BCUT2D eigenvalue weighted by Crippen LogP contribution is 2.16. The van der Waals surface area contributed by atoms with Gasteiger partial charge in [-0.2, -0.15) is 0 Å². The maximum absolute atomic E-state index is 12.2. The molecule has 0 amide bonds. The van der Waals surface area contributed by atoms with Gasteiger partial charge in [0.15, 0.2) is 5.43 Å². The predicted octanol–water partition coefficient (Wildman–Crippen LogP) is 2.06. The Morgan fingerprint density at radius 1 is 1.40 bits per heavy atom. The van der Waals surface area contributed by atoms with E-state index in [2.05, 4.69) is 9.88 Å². The number of ether oxygens (including phenoxy) is 1. The summed E-state index contributed by atoms with van der Waals surface area (Å²) in [5, 5.41) is 0.768. The van der Waals surface area contributed by atoms with Crippen LogP contribution >= 0.6 is 0 Å². The van der Waals surface area contributed by atoms with Gasteiger partial charge in [0.05, 0.1) is 6.10 Å². The average molecular weight is 272 g/mol. The van der Waals surface area contributed by atoms with Gasteiger partial charge in [0.25, 0.3) is 0 Å². The van der Waals surface area contributed by atoms with E-state index in [0.717, 1.165) is 48.2 Å².